The minimum Gasteiger partial charge on any atom is -0.492 e. The third kappa shape index (κ3) is 2.68. The van der Waals surface area contributed by atoms with E-state index in [2.05, 4.69) is 25.9 Å². The summed E-state index contributed by atoms with van der Waals surface area (Å²) in [4.78, 5) is 7.41. The van der Waals surface area contributed by atoms with Crippen LogP contribution < -0.4 is 10.5 Å². The fourth-order valence-corrected chi connectivity index (χ4v) is 2.34. The van der Waals surface area contributed by atoms with Gasteiger partial charge in [0.1, 0.15) is 5.75 Å². The molecule has 3 N–H and O–H groups in total. The van der Waals surface area contributed by atoms with Crippen LogP contribution in [0, 0.1) is 0 Å². The number of aromatic amines is 1. The number of benzene rings is 1. The number of aromatic nitrogens is 2. The van der Waals surface area contributed by atoms with E-state index in [-0.39, 0.29) is 0 Å². The van der Waals surface area contributed by atoms with Crippen LogP contribution in [0.25, 0.3) is 11.3 Å². The lowest BCUT2D eigenvalue weighted by Gasteiger charge is -2.07. The molecule has 0 spiro atoms. The first-order valence-corrected chi connectivity index (χ1v) is 6.70. The molecule has 0 saturated carbocycles. The molecule has 6 heteroatoms. The van der Waals surface area contributed by atoms with Crippen molar-refractivity contribution in [1.82, 2.24) is 9.97 Å². The molecule has 0 radical (unpaired) electrons. The van der Waals surface area contributed by atoms with E-state index in [9.17, 15) is 0 Å². The standard InChI is InChI=1S/C12H13BrClN3O/c1-2-18-10-4-3-7(5-8(10)14)11-9(6-15)16-12(13)17-11/h3-5H,2,6,15H2,1H3,(H,16,17). The first-order chi connectivity index (χ1) is 8.65. The monoisotopic (exact) mass is 329 g/mol. The molecule has 0 amide bonds. The van der Waals surface area contributed by atoms with Gasteiger partial charge in [-0.05, 0) is 41.1 Å². The maximum absolute atomic E-state index is 6.15. The van der Waals surface area contributed by atoms with Crippen LogP contribution in [-0.4, -0.2) is 16.6 Å². The third-order valence-electron chi connectivity index (χ3n) is 2.46. The average molecular weight is 331 g/mol. The highest BCUT2D eigenvalue weighted by molar-refractivity contribution is 9.10. The van der Waals surface area contributed by atoms with Crippen molar-refractivity contribution in [3.05, 3.63) is 33.6 Å². The van der Waals surface area contributed by atoms with Gasteiger partial charge in [-0.2, -0.15) is 0 Å². The summed E-state index contributed by atoms with van der Waals surface area (Å²) in [5, 5.41) is 0.566. The van der Waals surface area contributed by atoms with Gasteiger partial charge >= 0.3 is 0 Å². The molecule has 0 saturated heterocycles. The normalized spacial score (nSPS) is 10.7. The molecule has 0 aliphatic carbocycles. The van der Waals surface area contributed by atoms with Crippen molar-refractivity contribution in [3.63, 3.8) is 0 Å². The van der Waals surface area contributed by atoms with E-state index in [0.29, 0.717) is 28.7 Å². The second-order valence-electron chi connectivity index (χ2n) is 3.64. The van der Waals surface area contributed by atoms with E-state index in [1.54, 1.807) is 0 Å². The van der Waals surface area contributed by atoms with Crippen LogP contribution >= 0.6 is 27.5 Å². The fraction of sp³-hybridized carbons (Fsp3) is 0.250. The summed E-state index contributed by atoms with van der Waals surface area (Å²) in [5.41, 5.74) is 8.24. The second kappa shape index (κ2) is 5.73. The Morgan fingerprint density at radius 2 is 2.28 bits per heavy atom. The Labute approximate surface area is 119 Å². The molecular weight excluding hydrogens is 318 g/mol. The number of ether oxygens (including phenoxy) is 1. The number of halogens is 2. The number of nitrogens with two attached hydrogens (primary N) is 1. The summed E-state index contributed by atoms with van der Waals surface area (Å²) in [6.45, 7) is 2.89. The number of rotatable bonds is 4. The quantitative estimate of drug-likeness (QED) is 0.903. The minimum absolute atomic E-state index is 0.388. The average Bonchev–Trinajstić information content (AvgIpc) is 2.73. The Balaban J connectivity index is 2.41. The Bertz CT molecular complexity index is 556. The van der Waals surface area contributed by atoms with Gasteiger partial charge < -0.3 is 15.5 Å². The molecular formula is C12H13BrClN3O. The van der Waals surface area contributed by atoms with Gasteiger partial charge in [0.25, 0.3) is 0 Å². The molecule has 0 bridgehead atoms. The van der Waals surface area contributed by atoms with E-state index in [1.165, 1.54) is 0 Å². The maximum atomic E-state index is 6.15. The number of nitrogens with one attached hydrogen (secondary N) is 1. The molecule has 2 rings (SSSR count). The molecule has 1 aromatic carbocycles. The van der Waals surface area contributed by atoms with Crippen molar-refractivity contribution in [2.45, 2.75) is 13.5 Å². The summed E-state index contributed by atoms with van der Waals surface area (Å²) in [7, 11) is 0. The molecule has 0 atom stereocenters. The van der Waals surface area contributed by atoms with Crippen LogP contribution in [0.3, 0.4) is 0 Å². The molecule has 0 unspecified atom stereocenters. The molecule has 4 nitrogen and oxygen atoms in total. The van der Waals surface area contributed by atoms with E-state index in [1.807, 2.05) is 25.1 Å². The van der Waals surface area contributed by atoms with E-state index in [4.69, 9.17) is 22.1 Å². The fourth-order valence-electron chi connectivity index (χ4n) is 1.68. The van der Waals surface area contributed by atoms with Gasteiger partial charge in [0.15, 0.2) is 4.73 Å². The smallest absolute Gasteiger partial charge is 0.175 e. The van der Waals surface area contributed by atoms with Crippen molar-refractivity contribution in [3.8, 4) is 17.0 Å². The zero-order chi connectivity index (χ0) is 13.1. The Hall–Kier alpha value is -1.04. The Morgan fingerprint density at radius 3 is 2.89 bits per heavy atom. The van der Waals surface area contributed by atoms with E-state index in [0.717, 1.165) is 17.0 Å². The van der Waals surface area contributed by atoms with Crippen LogP contribution in [0.4, 0.5) is 0 Å². The molecule has 96 valence electrons. The van der Waals surface area contributed by atoms with Crippen LogP contribution in [0.2, 0.25) is 5.02 Å². The van der Waals surface area contributed by atoms with E-state index < -0.39 is 0 Å². The summed E-state index contributed by atoms with van der Waals surface area (Å²) >= 11 is 9.45. The third-order valence-corrected chi connectivity index (χ3v) is 3.13. The predicted molar refractivity (Wildman–Crippen MR) is 75.8 cm³/mol. The SMILES string of the molecule is CCOc1ccc(-c2nc(Br)[nH]c2CN)cc1Cl. The van der Waals surface area contributed by atoms with Crippen LogP contribution in [0.1, 0.15) is 12.6 Å². The highest BCUT2D eigenvalue weighted by Crippen LogP contribution is 2.31. The topological polar surface area (TPSA) is 63.9 Å². The van der Waals surface area contributed by atoms with Crippen molar-refractivity contribution in [2.75, 3.05) is 6.61 Å². The summed E-state index contributed by atoms with van der Waals surface area (Å²) in [5.74, 6) is 0.673. The summed E-state index contributed by atoms with van der Waals surface area (Å²) < 4.78 is 6.05. The molecule has 18 heavy (non-hydrogen) atoms. The first kappa shape index (κ1) is 13.4. The predicted octanol–water partition coefficient (Wildman–Crippen LogP) is 3.35. The lowest BCUT2D eigenvalue weighted by atomic mass is 10.1. The number of hydrogen-bond acceptors (Lipinski definition) is 3. The lowest BCUT2D eigenvalue weighted by Crippen LogP contribution is -1.99. The van der Waals surface area contributed by atoms with E-state index >= 15 is 0 Å². The first-order valence-electron chi connectivity index (χ1n) is 5.52. The van der Waals surface area contributed by atoms with Crippen LogP contribution in [0.15, 0.2) is 22.9 Å². The Morgan fingerprint density at radius 1 is 1.50 bits per heavy atom. The van der Waals surface area contributed by atoms with Crippen molar-refractivity contribution >= 4 is 27.5 Å². The zero-order valence-electron chi connectivity index (χ0n) is 9.84. The van der Waals surface area contributed by atoms with Crippen LogP contribution in [-0.2, 0) is 6.54 Å². The van der Waals surface area contributed by atoms with Gasteiger partial charge in [0.05, 0.1) is 23.0 Å². The molecule has 0 aliphatic heterocycles. The molecule has 1 aromatic heterocycles. The molecule has 2 aromatic rings. The zero-order valence-corrected chi connectivity index (χ0v) is 12.2. The minimum atomic E-state index is 0.388. The summed E-state index contributed by atoms with van der Waals surface area (Å²) in [6, 6.07) is 5.58. The second-order valence-corrected chi connectivity index (χ2v) is 4.80. The van der Waals surface area contributed by atoms with Crippen molar-refractivity contribution in [1.29, 1.82) is 0 Å². The van der Waals surface area contributed by atoms with Gasteiger partial charge in [-0.25, -0.2) is 4.98 Å². The summed E-state index contributed by atoms with van der Waals surface area (Å²) in [6.07, 6.45) is 0. The number of hydrogen-bond donors (Lipinski definition) is 2. The highest BCUT2D eigenvalue weighted by atomic mass is 79.9. The van der Waals surface area contributed by atoms with Gasteiger partial charge in [-0.15, -0.1) is 0 Å². The van der Waals surface area contributed by atoms with Crippen LogP contribution in [0.5, 0.6) is 5.75 Å². The molecule has 0 aliphatic rings. The van der Waals surface area contributed by atoms with Crippen molar-refractivity contribution < 1.29 is 4.74 Å². The van der Waals surface area contributed by atoms with Gasteiger partial charge in [-0.1, -0.05) is 11.6 Å². The lowest BCUT2D eigenvalue weighted by molar-refractivity contribution is 0.340. The maximum Gasteiger partial charge on any atom is 0.175 e. The van der Waals surface area contributed by atoms with Gasteiger partial charge in [-0.3, -0.25) is 0 Å². The number of imidazole rings is 1. The van der Waals surface area contributed by atoms with Crippen molar-refractivity contribution in [2.24, 2.45) is 5.73 Å². The van der Waals surface area contributed by atoms with Gasteiger partial charge in [0, 0.05) is 12.1 Å². The highest BCUT2D eigenvalue weighted by Gasteiger charge is 2.12. The Kier molecular flexibility index (Phi) is 4.27. The van der Waals surface area contributed by atoms with Gasteiger partial charge in [0.2, 0.25) is 0 Å². The molecule has 0 fully saturated rings. The number of H-pyrrole nitrogens is 1. The largest absolute Gasteiger partial charge is 0.492 e. The number of nitrogens with zero attached hydrogens (tertiary/aromatic N) is 1. The molecule has 1 heterocycles.